The minimum Gasteiger partial charge on any atom is -0.378 e. The van der Waals surface area contributed by atoms with Gasteiger partial charge in [-0.1, -0.05) is 6.92 Å². The second-order valence-corrected chi connectivity index (χ2v) is 6.29. The van der Waals surface area contributed by atoms with Gasteiger partial charge in [-0.05, 0) is 39.2 Å². The maximum Gasteiger partial charge on any atom is 0.226 e. The number of ether oxygens (including phenoxy) is 1. The molecule has 2 atom stereocenters. The highest BCUT2D eigenvalue weighted by Gasteiger charge is 2.16. The number of carbonyl (C=O) groups is 1. The highest BCUT2D eigenvalue weighted by Crippen LogP contribution is 2.21. The summed E-state index contributed by atoms with van der Waals surface area (Å²) in [7, 11) is 0. The average Bonchev–Trinajstić information content (AvgIpc) is 2.95. The highest BCUT2D eigenvalue weighted by atomic mass is 32.1. The Morgan fingerprint density at radius 2 is 2.43 bits per heavy atom. The van der Waals surface area contributed by atoms with Gasteiger partial charge in [0.15, 0.2) is 5.13 Å². The van der Waals surface area contributed by atoms with Crippen LogP contribution < -0.4 is 10.6 Å². The Hall–Kier alpha value is -0.980. The third-order valence-electron chi connectivity index (χ3n) is 3.69. The largest absolute Gasteiger partial charge is 0.378 e. The number of nitrogens with zero attached hydrogens (tertiary/aromatic N) is 1. The van der Waals surface area contributed by atoms with E-state index in [1.54, 1.807) is 0 Å². The predicted molar refractivity (Wildman–Crippen MR) is 85.7 cm³/mol. The molecule has 0 aromatic carbocycles. The smallest absolute Gasteiger partial charge is 0.226 e. The number of amides is 1. The molecule has 1 aromatic heterocycles. The third kappa shape index (κ3) is 5.37. The van der Waals surface area contributed by atoms with Crippen LogP contribution in [0.4, 0.5) is 5.13 Å². The molecule has 1 amide bonds. The lowest BCUT2D eigenvalue weighted by Gasteiger charge is -2.21. The zero-order valence-electron chi connectivity index (χ0n) is 12.9. The standard InChI is InChI=1S/C15H25N3O2S/c1-3-16-11(2)13-10-21-15(17-13)18-14(19)8-7-12-6-4-5-9-20-12/h10-12,16H,3-9H2,1-2H3,(H,17,18,19). The van der Waals surface area contributed by atoms with Crippen molar-refractivity contribution < 1.29 is 9.53 Å². The molecule has 6 heteroatoms. The molecule has 1 saturated heterocycles. The summed E-state index contributed by atoms with van der Waals surface area (Å²) in [6, 6.07) is 0.215. The number of carbonyl (C=O) groups excluding carboxylic acids is 1. The fourth-order valence-electron chi connectivity index (χ4n) is 2.46. The van der Waals surface area contributed by atoms with Crippen molar-refractivity contribution in [1.29, 1.82) is 0 Å². The third-order valence-corrected chi connectivity index (χ3v) is 4.47. The molecule has 2 heterocycles. The van der Waals surface area contributed by atoms with Gasteiger partial charge in [0.05, 0.1) is 11.8 Å². The van der Waals surface area contributed by atoms with Crippen molar-refractivity contribution >= 4 is 22.4 Å². The van der Waals surface area contributed by atoms with Gasteiger partial charge in [-0.15, -0.1) is 11.3 Å². The van der Waals surface area contributed by atoms with Crippen molar-refractivity contribution in [3.8, 4) is 0 Å². The van der Waals surface area contributed by atoms with Crippen LogP contribution in [-0.4, -0.2) is 30.1 Å². The highest BCUT2D eigenvalue weighted by molar-refractivity contribution is 7.13. The van der Waals surface area contributed by atoms with Gasteiger partial charge in [0.2, 0.25) is 5.91 Å². The molecular formula is C15H25N3O2S. The van der Waals surface area contributed by atoms with Crippen LogP contribution in [0.3, 0.4) is 0 Å². The SMILES string of the molecule is CCNC(C)c1csc(NC(=O)CCC2CCCCO2)n1. The van der Waals surface area contributed by atoms with E-state index in [0.717, 1.165) is 38.1 Å². The average molecular weight is 311 g/mol. The maximum atomic E-state index is 11.9. The number of hydrogen-bond acceptors (Lipinski definition) is 5. The Bertz CT molecular complexity index is 444. The van der Waals surface area contributed by atoms with Crippen molar-refractivity contribution in [2.75, 3.05) is 18.5 Å². The van der Waals surface area contributed by atoms with Gasteiger partial charge < -0.3 is 15.4 Å². The van der Waals surface area contributed by atoms with E-state index in [1.807, 2.05) is 5.38 Å². The summed E-state index contributed by atoms with van der Waals surface area (Å²) in [5, 5.41) is 8.87. The molecule has 0 bridgehead atoms. The Morgan fingerprint density at radius 1 is 1.57 bits per heavy atom. The lowest BCUT2D eigenvalue weighted by atomic mass is 10.0. The molecule has 1 fully saturated rings. The number of anilines is 1. The van der Waals surface area contributed by atoms with Crippen LogP contribution in [0.25, 0.3) is 0 Å². The van der Waals surface area contributed by atoms with Gasteiger partial charge in [0, 0.05) is 24.4 Å². The van der Waals surface area contributed by atoms with Gasteiger partial charge in [-0.2, -0.15) is 0 Å². The Kier molecular flexibility index (Phi) is 6.60. The Morgan fingerprint density at radius 3 is 3.14 bits per heavy atom. The summed E-state index contributed by atoms with van der Waals surface area (Å²) >= 11 is 1.48. The second-order valence-electron chi connectivity index (χ2n) is 5.43. The monoisotopic (exact) mass is 311 g/mol. The van der Waals surface area contributed by atoms with E-state index in [9.17, 15) is 4.79 Å². The lowest BCUT2D eigenvalue weighted by molar-refractivity contribution is -0.117. The van der Waals surface area contributed by atoms with Crippen LogP contribution in [0.5, 0.6) is 0 Å². The molecule has 1 aliphatic rings. The first-order chi connectivity index (χ1) is 10.2. The molecule has 1 aromatic rings. The summed E-state index contributed by atoms with van der Waals surface area (Å²) in [5.74, 6) is 0.0289. The van der Waals surface area contributed by atoms with Gasteiger partial charge in [-0.25, -0.2) is 4.98 Å². The maximum absolute atomic E-state index is 11.9. The van der Waals surface area contributed by atoms with E-state index >= 15 is 0 Å². The van der Waals surface area contributed by atoms with Gasteiger partial charge in [0.1, 0.15) is 0 Å². The number of hydrogen-bond donors (Lipinski definition) is 2. The summed E-state index contributed by atoms with van der Waals surface area (Å²) in [6.07, 6.45) is 5.00. The van der Waals surface area contributed by atoms with Crippen LogP contribution in [0.15, 0.2) is 5.38 Å². The Balaban J connectivity index is 1.74. The molecule has 21 heavy (non-hydrogen) atoms. The quantitative estimate of drug-likeness (QED) is 0.812. The molecule has 0 spiro atoms. The zero-order chi connectivity index (χ0) is 15.1. The first-order valence-corrected chi connectivity index (χ1v) is 8.67. The zero-order valence-corrected chi connectivity index (χ0v) is 13.7. The van der Waals surface area contributed by atoms with E-state index in [0.29, 0.717) is 11.6 Å². The number of nitrogens with one attached hydrogen (secondary N) is 2. The fourth-order valence-corrected chi connectivity index (χ4v) is 3.28. The molecule has 118 valence electrons. The summed E-state index contributed by atoms with van der Waals surface area (Å²) in [5.41, 5.74) is 0.979. The molecule has 1 aliphatic heterocycles. The first kappa shape index (κ1) is 16.4. The summed E-state index contributed by atoms with van der Waals surface area (Å²) in [6.45, 7) is 5.88. The van der Waals surface area contributed by atoms with E-state index < -0.39 is 0 Å². The lowest BCUT2D eigenvalue weighted by Crippen LogP contribution is -2.22. The molecule has 0 aliphatic carbocycles. The van der Waals surface area contributed by atoms with Gasteiger partial charge in [0.25, 0.3) is 0 Å². The van der Waals surface area contributed by atoms with Crippen LogP contribution in [-0.2, 0) is 9.53 Å². The number of aromatic nitrogens is 1. The van der Waals surface area contributed by atoms with E-state index in [2.05, 4.69) is 29.5 Å². The number of thiazole rings is 1. The van der Waals surface area contributed by atoms with E-state index in [1.165, 1.54) is 17.8 Å². The van der Waals surface area contributed by atoms with E-state index in [4.69, 9.17) is 4.74 Å². The van der Waals surface area contributed by atoms with Crippen molar-refractivity contribution in [2.45, 2.75) is 58.1 Å². The van der Waals surface area contributed by atoms with E-state index in [-0.39, 0.29) is 18.1 Å². The Labute approximate surface area is 130 Å². The topological polar surface area (TPSA) is 63.2 Å². The first-order valence-electron chi connectivity index (χ1n) is 7.79. The minimum absolute atomic E-state index is 0.0289. The normalized spacial score (nSPS) is 20.2. The van der Waals surface area contributed by atoms with Crippen molar-refractivity contribution in [3.05, 3.63) is 11.1 Å². The number of rotatable bonds is 7. The van der Waals surface area contributed by atoms with Crippen LogP contribution in [0, 0.1) is 0 Å². The van der Waals surface area contributed by atoms with Crippen LogP contribution >= 0.6 is 11.3 Å². The molecule has 0 saturated carbocycles. The minimum atomic E-state index is 0.0289. The van der Waals surface area contributed by atoms with Gasteiger partial charge in [-0.3, -0.25) is 4.79 Å². The molecule has 0 radical (unpaired) electrons. The van der Waals surface area contributed by atoms with Gasteiger partial charge >= 0.3 is 0 Å². The van der Waals surface area contributed by atoms with Crippen LogP contribution in [0.1, 0.15) is 57.7 Å². The van der Waals surface area contributed by atoms with Crippen LogP contribution in [0.2, 0.25) is 0 Å². The molecular weight excluding hydrogens is 286 g/mol. The molecule has 2 unspecified atom stereocenters. The molecule has 2 rings (SSSR count). The fraction of sp³-hybridized carbons (Fsp3) is 0.733. The molecule has 2 N–H and O–H groups in total. The van der Waals surface area contributed by atoms with Crippen molar-refractivity contribution in [2.24, 2.45) is 0 Å². The van der Waals surface area contributed by atoms with Crippen molar-refractivity contribution in [3.63, 3.8) is 0 Å². The molecule has 5 nitrogen and oxygen atoms in total. The summed E-state index contributed by atoms with van der Waals surface area (Å²) < 4.78 is 5.64. The second kappa shape index (κ2) is 8.46. The van der Waals surface area contributed by atoms with Crippen molar-refractivity contribution in [1.82, 2.24) is 10.3 Å². The predicted octanol–water partition coefficient (Wildman–Crippen LogP) is 3.10. The summed E-state index contributed by atoms with van der Waals surface area (Å²) in [4.78, 5) is 16.4.